The number of benzene rings is 6. The predicted molar refractivity (Wildman–Crippen MR) is 226 cm³/mol. The van der Waals surface area contributed by atoms with Crippen molar-refractivity contribution in [1.82, 2.24) is 29.9 Å². The first-order chi connectivity index (χ1) is 27.5. The fourth-order valence-corrected chi connectivity index (χ4v) is 8.14. The molecule has 56 heavy (non-hydrogen) atoms. The van der Waals surface area contributed by atoms with Gasteiger partial charge in [0.05, 0.1) is 0 Å². The molecular formula is C50H42N6. The summed E-state index contributed by atoms with van der Waals surface area (Å²) >= 11 is 0. The van der Waals surface area contributed by atoms with E-state index in [-0.39, 0.29) is 5.41 Å². The number of aryl methyl sites for hydroxylation is 2. The van der Waals surface area contributed by atoms with Crippen LogP contribution in [0.5, 0.6) is 0 Å². The Morgan fingerprint density at radius 2 is 0.589 bits per heavy atom. The number of rotatable bonds is 8. The van der Waals surface area contributed by atoms with Crippen molar-refractivity contribution < 1.29 is 0 Å². The largest absolute Gasteiger partial charge is 0.213 e. The van der Waals surface area contributed by atoms with Gasteiger partial charge in [0.15, 0.2) is 23.3 Å². The lowest BCUT2D eigenvalue weighted by molar-refractivity contribution is 0.346. The highest BCUT2D eigenvalue weighted by Gasteiger charge is 2.35. The molecule has 0 saturated heterocycles. The first kappa shape index (κ1) is 35.1. The Morgan fingerprint density at radius 1 is 0.304 bits per heavy atom. The van der Waals surface area contributed by atoms with E-state index in [2.05, 4.69) is 146 Å². The predicted octanol–water partition coefficient (Wildman–Crippen LogP) is 11.9. The first-order valence-corrected chi connectivity index (χ1v) is 19.5. The fourth-order valence-electron chi connectivity index (χ4n) is 8.14. The van der Waals surface area contributed by atoms with Gasteiger partial charge in [0.1, 0.15) is 11.6 Å². The van der Waals surface area contributed by atoms with Gasteiger partial charge < -0.3 is 0 Å². The van der Waals surface area contributed by atoms with Crippen molar-refractivity contribution in [3.05, 3.63) is 181 Å². The summed E-state index contributed by atoms with van der Waals surface area (Å²) in [6.45, 7) is 3.87. The van der Waals surface area contributed by atoms with Crippen LogP contribution in [0.3, 0.4) is 0 Å². The van der Waals surface area contributed by atoms with E-state index < -0.39 is 0 Å². The molecule has 1 fully saturated rings. The average molecular weight is 727 g/mol. The molecule has 8 aromatic rings. The Kier molecular flexibility index (Phi) is 9.54. The molecule has 0 radical (unpaired) electrons. The summed E-state index contributed by atoms with van der Waals surface area (Å²) in [5.74, 6) is 4.14. The Hall–Kier alpha value is -6.66. The van der Waals surface area contributed by atoms with Crippen molar-refractivity contribution in [1.29, 1.82) is 0 Å². The second-order valence-corrected chi connectivity index (χ2v) is 14.7. The van der Waals surface area contributed by atoms with Gasteiger partial charge in [0.2, 0.25) is 0 Å². The molecule has 0 N–H and O–H groups in total. The van der Waals surface area contributed by atoms with Crippen LogP contribution in [0.4, 0.5) is 0 Å². The summed E-state index contributed by atoms with van der Waals surface area (Å²) in [6, 6.07) is 55.5. The molecule has 2 aromatic heterocycles. The van der Waals surface area contributed by atoms with Crippen LogP contribution in [0.25, 0.3) is 67.8 Å². The molecule has 272 valence electrons. The zero-order chi connectivity index (χ0) is 37.9. The molecule has 0 spiro atoms. The van der Waals surface area contributed by atoms with Gasteiger partial charge in [0.25, 0.3) is 0 Å². The number of hydrogen-bond donors (Lipinski definition) is 0. The van der Waals surface area contributed by atoms with Crippen LogP contribution in [0.2, 0.25) is 0 Å². The lowest BCUT2D eigenvalue weighted by atomic mass is 9.65. The highest BCUT2D eigenvalue weighted by atomic mass is 15.0. The monoisotopic (exact) mass is 726 g/mol. The van der Waals surface area contributed by atoms with Crippen LogP contribution in [-0.4, -0.2) is 29.9 Å². The number of aromatic nitrogens is 6. The van der Waals surface area contributed by atoms with Crippen molar-refractivity contribution >= 4 is 0 Å². The summed E-state index contributed by atoms with van der Waals surface area (Å²) in [7, 11) is 0. The Morgan fingerprint density at radius 3 is 0.929 bits per heavy atom. The summed E-state index contributed by atoms with van der Waals surface area (Å²) in [6.07, 6.45) is 5.86. The maximum atomic E-state index is 4.94. The average Bonchev–Trinajstić information content (AvgIpc) is 3.27. The third-order valence-corrected chi connectivity index (χ3v) is 11.1. The van der Waals surface area contributed by atoms with E-state index in [1.54, 1.807) is 0 Å². The van der Waals surface area contributed by atoms with Crippen molar-refractivity contribution in [2.24, 2.45) is 0 Å². The lowest BCUT2D eigenvalue weighted by Gasteiger charge is -2.39. The van der Waals surface area contributed by atoms with Crippen LogP contribution < -0.4 is 0 Å². The van der Waals surface area contributed by atoms with E-state index in [0.29, 0.717) is 34.9 Å². The topological polar surface area (TPSA) is 77.3 Å². The van der Waals surface area contributed by atoms with Gasteiger partial charge in [-0.05, 0) is 60.1 Å². The van der Waals surface area contributed by atoms with E-state index in [4.69, 9.17) is 29.9 Å². The van der Waals surface area contributed by atoms with Gasteiger partial charge in [-0.2, -0.15) is 0 Å². The summed E-state index contributed by atoms with van der Waals surface area (Å²) in [5.41, 5.74) is 11.2. The molecule has 2 heterocycles. The molecular weight excluding hydrogens is 685 g/mol. The third kappa shape index (κ3) is 7.14. The van der Waals surface area contributed by atoms with Gasteiger partial charge in [0, 0.05) is 27.7 Å². The van der Waals surface area contributed by atoms with Gasteiger partial charge in [-0.15, -0.1) is 0 Å². The normalized spacial score (nSPS) is 13.7. The van der Waals surface area contributed by atoms with Crippen LogP contribution in [0.15, 0.2) is 158 Å². The van der Waals surface area contributed by atoms with Crippen molar-refractivity contribution in [2.45, 2.75) is 51.4 Å². The fraction of sp³-hybridized carbons (Fsp3) is 0.160. The van der Waals surface area contributed by atoms with Gasteiger partial charge in [-0.1, -0.05) is 177 Å². The molecule has 1 aliphatic rings. The Bertz CT molecular complexity index is 2400. The molecule has 9 rings (SSSR count). The van der Waals surface area contributed by atoms with Gasteiger partial charge in [-0.25, -0.2) is 29.9 Å². The minimum absolute atomic E-state index is 0.0728. The van der Waals surface area contributed by atoms with Crippen LogP contribution >= 0.6 is 0 Å². The van der Waals surface area contributed by atoms with Gasteiger partial charge >= 0.3 is 0 Å². The van der Waals surface area contributed by atoms with Crippen LogP contribution in [0.1, 0.15) is 54.9 Å². The van der Waals surface area contributed by atoms with E-state index in [1.807, 2.05) is 26.0 Å². The molecule has 0 atom stereocenters. The van der Waals surface area contributed by atoms with Crippen molar-refractivity contribution in [2.75, 3.05) is 0 Å². The second kappa shape index (κ2) is 15.2. The standard InChI is InChI=1S/C50H42N6/c1-34-51-46(40-20-16-38(17-21-40)36-12-6-3-7-13-36)55-48(53-34)42-24-28-44(29-25-42)50(32-10-5-11-33-50)45-30-26-43(27-31-45)49-54-35(2)52-47(56-49)41-22-18-39(19-23-41)37-14-8-4-9-15-37/h3-4,6-9,12-31H,5,10-11,32-33H2,1-2H3. The zero-order valence-electron chi connectivity index (χ0n) is 31.7. The minimum Gasteiger partial charge on any atom is -0.213 e. The summed E-state index contributed by atoms with van der Waals surface area (Å²) in [4.78, 5) is 28.8. The van der Waals surface area contributed by atoms with E-state index >= 15 is 0 Å². The first-order valence-electron chi connectivity index (χ1n) is 19.5. The number of nitrogens with zero attached hydrogens (tertiary/aromatic N) is 6. The van der Waals surface area contributed by atoms with Crippen molar-refractivity contribution in [3.63, 3.8) is 0 Å². The van der Waals surface area contributed by atoms with Crippen molar-refractivity contribution in [3.8, 4) is 67.8 Å². The molecule has 6 nitrogen and oxygen atoms in total. The highest BCUT2D eigenvalue weighted by Crippen LogP contribution is 2.45. The van der Waals surface area contributed by atoms with Crippen LogP contribution in [-0.2, 0) is 5.41 Å². The molecule has 6 aromatic carbocycles. The molecule has 0 aliphatic heterocycles. The zero-order valence-corrected chi connectivity index (χ0v) is 31.7. The minimum atomic E-state index is -0.0728. The summed E-state index contributed by atoms with van der Waals surface area (Å²) < 4.78 is 0. The molecule has 1 saturated carbocycles. The van der Waals surface area contributed by atoms with E-state index in [0.717, 1.165) is 46.2 Å². The number of hydrogen-bond acceptors (Lipinski definition) is 6. The Labute approximate surface area is 328 Å². The quantitative estimate of drug-likeness (QED) is 0.155. The Balaban J connectivity index is 0.973. The highest BCUT2D eigenvalue weighted by molar-refractivity contribution is 5.70. The molecule has 1 aliphatic carbocycles. The van der Waals surface area contributed by atoms with E-state index in [9.17, 15) is 0 Å². The third-order valence-electron chi connectivity index (χ3n) is 11.1. The molecule has 6 heteroatoms. The maximum Gasteiger partial charge on any atom is 0.163 e. The molecule has 0 amide bonds. The lowest BCUT2D eigenvalue weighted by Crippen LogP contribution is -2.30. The van der Waals surface area contributed by atoms with E-state index in [1.165, 1.54) is 41.5 Å². The maximum absolute atomic E-state index is 4.94. The second-order valence-electron chi connectivity index (χ2n) is 14.7. The van der Waals surface area contributed by atoms with Gasteiger partial charge in [-0.3, -0.25) is 0 Å². The van der Waals surface area contributed by atoms with Crippen LogP contribution in [0, 0.1) is 13.8 Å². The SMILES string of the molecule is Cc1nc(-c2ccc(-c3ccccc3)cc2)nc(-c2ccc(C3(c4ccc(-c5nc(C)nc(-c6ccc(-c7ccccc7)cc6)n5)cc4)CCCCC3)cc2)n1. The molecule has 0 bridgehead atoms. The molecule has 0 unspecified atom stereocenters. The smallest absolute Gasteiger partial charge is 0.163 e. The summed E-state index contributed by atoms with van der Waals surface area (Å²) in [5, 5.41) is 0.